The number of hydrogen-bond donors (Lipinski definition) is 0. The van der Waals surface area contributed by atoms with Gasteiger partial charge in [-0.1, -0.05) is 121 Å². The average molecular weight is 555 g/mol. The zero-order valence-corrected chi connectivity index (χ0v) is 26.5. The standard InChI is InChI=1S/C32H62N2O3S/c1-5-7-9-11-13-14-18-22-26-34(32(36)38-30-28-33(3)4)27-23-19-16-17-21-25-31(35)37-29-24-20-15-12-10-8-6-2/h20,24H,5-19,21-23,25-30H2,1-4H3/b24-20-. The van der Waals surface area contributed by atoms with Crippen LogP contribution in [0, 0.1) is 0 Å². The summed E-state index contributed by atoms with van der Waals surface area (Å²) in [5, 5.41) is 0.243. The SMILES string of the molecule is CCCCCC/C=C\COC(=O)CCCCCCCN(CCCCCCCCCC)C(=O)SCCN(C)C. The van der Waals surface area contributed by atoms with Crippen molar-refractivity contribution < 1.29 is 14.3 Å². The predicted molar refractivity (Wildman–Crippen MR) is 167 cm³/mol. The van der Waals surface area contributed by atoms with E-state index in [-0.39, 0.29) is 11.2 Å². The number of rotatable bonds is 27. The lowest BCUT2D eigenvalue weighted by atomic mass is 10.1. The Balaban J connectivity index is 3.99. The second kappa shape index (κ2) is 29.0. The molecule has 0 aromatic heterocycles. The van der Waals surface area contributed by atoms with Crippen LogP contribution in [0.4, 0.5) is 4.79 Å². The summed E-state index contributed by atoms with van der Waals surface area (Å²) in [6.07, 6.45) is 26.3. The largest absolute Gasteiger partial charge is 0.461 e. The molecule has 0 heterocycles. The number of thioether (sulfide) groups is 1. The maximum Gasteiger partial charge on any atom is 0.306 e. The lowest BCUT2D eigenvalue weighted by Gasteiger charge is -2.22. The molecule has 0 atom stereocenters. The molecule has 0 fully saturated rings. The molecule has 0 aliphatic carbocycles. The van der Waals surface area contributed by atoms with Crippen LogP contribution in [0.2, 0.25) is 0 Å². The first kappa shape index (κ1) is 37.0. The van der Waals surface area contributed by atoms with Gasteiger partial charge in [-0.05, 0) is 46.2 Å². The smallest absolute Gasteiger partial charge is 0.306 e. The van der Waals surface area contributed by atoms with Gasteiger partial charge in [0.1, 0.15) is 6.61 Å². The molecule has 0 aliphatic rings. The van der Waals surface area contributed by atoms with E-state index in [2.05, 4.69) is 43.8 Å². The molecule has 0 unspecified atom stereocenters. The fourth-order valence-electron chi connectivity index (χ4n) is 4.33. The van der Waals surface area contributed by atoms with Gasteiger partial charge >= 0.3 is 5.97 Å². The molecular weight excluding hydrogens is 492 g/mol. The maximum absolute atomic E-state index is 12.8. The second-order valence-corrected chi connectivity index (χ2v) is 11.9. The normalized spacial score (nSPS) is 11.5. The highest BCUT2D eigenvalue weighted by molar-refractivity contribution is 8.13. The van der Waals surface area contributed by atoms with E-state index in [1.807, 2.05) is 6.08 Å². The van der Waals surface area contributed by atoms with E-state index in [1.165, 1.54) is 82.4 Å². The van der Waals surface area contributed by atoms with Crippen molar-refractivity contribution in [2.75, 3.05) is 46.1 Å². The highest BCUT2D eigenvalue weighted by Crippen LogP contribution is 2.15. The van der Waals surface area contributed by atoms with Gasteiger partial charge in [0.25, 0.3) is 5.24 Å². The summed E-state index contributed by atoms with van der Waals surface area (Å²) >= 11 is 1.47. The molecule has 0 rings (SSSR count). The molecule has 0 bridgehead atoms. The van der Waals surface area contributed by atoms with Crippen LogP contribution in [0.1, 0.15) is 136 Å². The Kier molecular flexibility index (Phi) is 28.2. The number of nitrogens with zero attached hydrogens (tertiary/aromatic N) is 2. The van der Waals surface area contributed by atoms with Crippen molar-refractivity contribution in [1.29, 1.82) is 0 Å². The summed E-state index contributed by atoms with van der Waals surface area (Å²) < 4.78 is 5.31. The fraction of sp³-hybridized carbons (Fsp3) is 0.875. The summed E-state index contributed by atoms with van der Waals surface area (Å²) in [5.41, 5.74) is 0. The summed E-state index contributed by atoms with van der Waals surface area (Å²) in [6, 6.07) is 0. The number of carbonyl (C=O) groups is 2. The summed E-state index contributed by atoms with van der Waals surface area (Å²) in [4.78, 5) is 28.9. The molecule has 6 heteroatoms. The van der Waals surface area contributed by atoms with E-state index in [0.29, 0.717) is 13.0 Å². The number of esters is 1. The van der Waals surface area contributed by atoms with Gasteiger partial charge in [0.05, 0.1) is 0 Å². The van der Waals surface area contributed by atoms with Gasteiger partial charge in [-0.15, -0.1) is 0 Å². The molecule has 0 aromatic rings. The van der Waals surface area contributed by atoms with Gasteiger partial charge in [-0.3, -0.25) is 9.59 Å². The average Bonchev–Trinajstić information content (AvgIpc) is 2.89. The monoisotopic (exact) mass is 554 g/mol. The van der Waals surface area contributed by atoms with Crippen LogP contribution in [0.15, 0.2) is 12.2 Å². The first-order chi connectivity index (χ1) is 18.5. The molecule has 0 aliphatic heterocycles. The number of carbonyl (C=O) groups excluding carboxylic acids is 2. The summed E-state index contributed by atoms with van der Waals surface area (Å²) in [5.74, 6) is 0.766. The first-order valence-corrected chi connectivity index (χ1v) is 16.9. The van der Waals surface area contributed by atoms with Crippen LogP contribution >= 0.6 is 11.8 Å². The van der Waals surface area contributed by atoms with Crippen LogP contribution in [0.3, 0.4) is 0 Å². The number of unbranched alkanes of at least 4 members (excludes halogenated alkanes) is 15. The van der Waals surface area contributed by atoms with Crippen LogP contribution < -0.4 is 0 Å². The minimum Gasteiger partial charge on any atom is -0.461 e. The van der Waals surface area contributed by atoms with Gasteiger partial charge in [-0.2, -0.15) is 0 Å². The van der Waals surface area contributed by atoms with Crippen LogP contribution in [-0.2, 0) is 9.53 Å². The number of allylic oxidation sites excluding steroid dienone is 1. The quantitative estimate of drug-likeness (QED) is 0.0575. The van der Waals surface area contributed by atoms with Gasteiger partial charge in [0, 0.05) is 31.8 Å². The van der Waals surface area contributed by atoms with Gasteiger partial charge < -0.3 is 14.5 Å². The molecule has 1 amide bonds. The number of ether oxygens (including phenoxy) is 1. The Morgan fingerprint density at radius 1 is 0.658 bits per heavy atom. The Bertz CT molecular complexity index is 569. The molecule has 0 aromatic carbocycles. The topological polar surface area (TPSA) is 49.9 Å². The first-order valence-electron chi connectivity index (χ1n) is 15.9. The Morgan fingerprint density at radius 2 is 1.18 bits per heavy atom. The summed E-state index contributed by atoms with van der Waals surface area (Å²) in [6.45, 7) is 7.56. The van der Waals surface area contributed by atoms with Crippen molar-refractivity contribution in [3.8, 4) is 0 Å². The highest BCUT2D eigenvalue weighted by Gasteiger charge is 2.13. The van der Waals surface area contributed by atoms with Crippen LogP contribution in [0.5, 0.6) is 0 Å². The van der Waals surface area contributed by atoms with E-state index < -0.39 is 0 Å². The third-order valence-electron chi connectivity index (χ3n) is 6.84. The minimum absolute atomic E-state index is 0.0856. The highest BCUT2D eigenvalue weighted by atomic mass is 32.2. The Hall–Kier alpha value is -1.01. The van der Waals surface area contributed by atoms with Crippen molar-refractivity contribution in [2.24, 2.45) is 0 Å². The lowest BCUT2D eigenvalue weighted by molar-refractivity contribution is -0.142. The van der Waals surface area contributed by atoms with Crippen molar-refractivity contribution in [3.63, 3.8) is 0 Å². The van der Waals surface area contributed by atoms with Crippen molar-refractivity contribution >= 4 is 23.0 Å². The molecule has 0 N–H and O–H groups in total. The van der Waals surface area contributed by atoms with Crippen molar-refractivity contribution in [3.05, 3.63) is 12.2 Å². The van der Waals surface area contributed by atoms with Gasteiger partial charge in [-0.25, -0.2) is 0 Å². The van der Waals surface area contributed by atoms with Crippen LogP contribution in [-0.4, -0.2) is 67.1 Å². The molecule has 0 spiro atoms. The third kappa shape index (κ3) is 26.6. The summed E-state index contributed by atoms with van der Waals surface area (Å²) in [7, 11) is 4.10. The second-order valence-electron chi connectivity index (χ2n) is 10.9. The minimum atomic E-state index is -0.0856. The number of amides is 1. The van der Waals surface area contributed by atoms with E-state index in [4.69, 9.17) is 4.74 Å². The molecule has 0 saturated carbocycles. The fourth-order valence-corrected chi connectivity index (χ4v) is 5.32. The molecular formula is C32H62N2O3S. The Labute approximate surface area is 240 Å². The van der Waals surface area contributed by atoms with Gasteiger partial charge in [0.2, 0.25) is 0 Å². The van der Waals surface area contributed by atoms with Crippen molar-refractivity contribution in [1.82, 2.24) is 9.80 Å². The molecule has 0 saturated heterocycles. The molecule has 38 heavy (non-hydrogen) atoms. The van der Waals surface area contributed by atoms with Crippen LogP contribution in [0.25, 0.3) is 0 Å². The number of hydrogen-bond acceptors (Lipinski definition) is 5. The van der Waals surface area contributed by atoms with E-state index >= 15 is 0 Å². The van der Waals surface area contributed by atoms with E-state index in [9.17, 15) is 9.59 Å². The molecule has 5 nitrogen and oxygen atoms in total. The maximum atomic E-state index is 12.8. The van der Waals surface area contributed by atoms with Gasteiger partial charge in [0.15, 0.2) is 0 Å². The van der Waals surface area contributed by atoms with E-state index in [0.717, 1.165) is 70.3 Å². The predicted octanol–water partition coefficient (Wildman–Crippen LogP) is 9.25. The zero-order valence-electron chi connectivity index (χ0n) is 25.7. The molecule has 0 radical (unpaired) electrons. The third-order valence-corrected chi connectivity index (χ3v) is 7.74. The lowest BCUT2D eigenvalue weighted by Crippen LogP contribution is -2.30. The Morgan fingerprint density at radius 3 is 1.76 bits per heavy atom. The molecule has 224 valence electrons. The zero-order chi connectivity index (χ0) is 28.1. The van der Waals surface area contributed by atoms with E-state index in [1.54, 1.807) is 0 Å². The van der Waals surface area contributed by atoms with Crippen molar-refractivity contribution in [2.45, 2.75) is 136 Å².